The Balaban J connectivity index is 2.13. The van der Waals surface area contributed by atoms with E-state index in [9.17, 15) is 0 Å². The molecule has 2 N–H and O–H groups in total. The molecule has 0 atom stereocenters. The number of benzene rings is 1. The van der Waals surface area contributed by atoms with Crippen molar-refractivity contribution in [3.05, 3.63) is 52.7 Å². The Hall–Kier alpha value is -1.85. The number of ether oxygens (including phenoxy) is 2. The lowest BCUT2D eigenvalue weighted by atomic mass is 10.2. The number of thiocarbonyl (C=S) groups is 1. The topological polar surface area (TPSA) is 57.4 Å². The highest BCUT2D eigenvalue weighted by Crippen LogP contribution is 2.27. The Morgan fingerprint density at radius 2 is 2.20 bits per heavy atom. The van der Waals surface area contributed by atoms with Gasteiger partial charge in [-0.3, -0.25) is 0 Å². The predicted molar refractivity (Wildman–Crippen MR) is 82.5 cm³/mol. The van der Waals surface area contributed by atoms with Crippen LogP contribution in [-0.4, -0.2) is 17.1 Å². The van der Waals surface area contributed by atoms with Gasteiger partial charge in [-0.2, -0.15) is 0 Å². The van der Waals surface area contributed by atoms with E-state index < -0.39 is 0 Å². The van der Waals surface area contributed by atoms with Gasteiger partial charge in [0.2, 0.25) is 5.88 Å². The second kappa shape index (κ2) is 6.54. The summed E-state index contributed by atoms with van der Waals surface area (Å²) in [7, 11) is 1.57. The largest absolute Gasteiger partial charge is 0.487 e. The third-order valence-corrected chi connectivity index (χ3v) is 3.17. The molecule has 0 saturated heterocycles. The number of halogens is 1. The highest BCUT2D eigenvalue weighted by molar-refractivity contribution is 7.80. The van der Waals surface area contributed by atoms with E-state index in [2.05, 4.69) is 4.98 Å². The second-order valence-corrected chi connectivity index (χ2v) is 4.82. The first-order valence-electron chi connectivity index (χ1n) is 5.82. The molecular weight excluding hydrogens is 296 g/mol. The van der Waals surface area contributed by atoms with E-state index in [1.165, 1.54) is 0 Å². The van der Waals surface area contributed by atoms with Gasteiger partial charge in [0.05, 0.1) is 17.7 Å². The molecular formula is C14H13ClN2O2S. The van der Waals surface area contributed by atoms with Crippen molar-refractivity contribution in [2.45, 2.75) is 6.61 Å². The monoisotopic (exact) mass is 308 g/mol. The third-order valence-electron chi connectivity index (χ3n) is 2.64. The third kappa shape index (κ3) is 3.37. The molecule has 4 nitrogen and oxygen atoms in total. The summed E-state index contributed by atoms with van der Waals surface area (Å²) in [5.41, 5.74) is 7.09. The summed E-state index contributed by atoms with van der Waals surface area (Å²) < 4.78 is 10.8. The molecule has 2 aromatic rings. The summed E-state index contributed by atoms with van der Waals surface area (Å²) in [6.07, 6.45) is 1.66. The lowest BCUT2D eigenvalue weighted by Gasteiger charge is -2.11. The van der Waals surface area contributed by atoms with Gasteiger partial charge < -0.3 is 15.2 Å². The number of methoxy groups -OCH3 is 1. The number of nitrogens with two attached hydrogens (primary N) is 1. The maximum atomic E-state index is 6.13. The maximum absolute atomic E-state index is 6.13. The molecule has 0 unspecified atom stereocenters. The molecule has 0 saturated carbocycles. The quantitative estimate of drug-likeness (QED) is 0.861. The van der Waals surface area contributed by atoms with Crippen LogP contribution in [0, 0.1) is 0 Å². The molecule has 0 amide bonds. The number of hydrogen-bond acceptors (Lipinski definition) is 4. The SMILES string of the molecule is COc1ncccc1COc1ccc(C(N)=S)cc1Cl. The summed E-state index contributed by atoms with van der Waals surface area (Å²) in [6.45, 7) is 0.309. The zero-order valence-electron chi connectivity index (χ0n) is 10.8. The number of rotatable bonds is 5. The van der Waals surface area contributed by atoms with Gasteiger partial charge >= 0.3 is 0 Å². The zero-order valence-corrected chi connectivity index (χ0v) is 12.4. The molecule has 0 fully saturated rings. The van der Waals surface area contributed by atoms with Gasteiger partial charge in [-0.15, -0.1) is 0 Å². The van der Waals surface area contributed by atoms with Crippen LogP contribution >= 0.6 is 23.8 Å². The predicted octanol–water partition coefficient (Wildman–Crippen LogP) is 2.96. The average Bonchev–Trinajstić information content (AvgIpc) is 2.46. The molecule has 0 radical (unpaired) electrons. The first kappa shape index (κ1) is 14.6. The van der Waals surface area contributed by atoms with Crippen LogP contribution in [0.25, 0.3) is 0 Å². The Bertz CT molecular complexity index is 634. The summed E-state index contributed by atoms with van der Waals surface area (Å²) in [5, 5.41) is 0.457. The van der Waals surface area contributed by atoms with E-state index in [4.69, 9.17) is 39.0 Å². The van der Waals surface area contributed by atoms with Crippen molar-refractivity contribution in [3.8, 4) is 11.6 Å². The molecule has 0 aliphatic rings. The van der Waals surface area contributed by atoms with Crippen LogP contribution in [0.4, 0.5) is 0 Å². The fourth-order valence-corrected chi connectivity index (χ4v) is 2.01. The van der Waals surface area contributed by atoms with E-state index in [1.807, 2.05) is 12.1 Å². The summed E-state index contributed by atoms with van der Waals surface area (Å²) in [5.74, 6) is 1.08. The summed E-state index contributed by atoms with van der Waals surface area (Å²) in [6, 6.07) is 8.88. The molecule has 0 spiro atoms. The van der Waals surface area contributed by atoms with Crippen LogP contribution in [0.15, 0.2) is 36.5 Å². The van der Waals surface area contributed by atoms with E-state index in [0.717, 1.165) is 5.56 Å². The van der Waals surface area contributed by atoms with Crippen molar-refractivity contribution in [1.82, 2.24) is 4.98 Å². The highest BCUT2D eigenvalue weighted by atomic mass is 35.5. The number of nitrogens with zero attached hydrogens (tertiary/aromatic N) is 1. The number of aromatic nitrogens is 1. The lowest BCUT2D eigenvalue weighted by Crippen LogP contribution is -2.09. The highest BCUT2D eigenvalue weighted by Gasteiger charge is 2.08. The van der Waals surface area contributed by atoms with Crippen molar-refractivity contribution < 1.29 is 9.47 Å². The Labute approximate surface area is 127 Å². The normalized spacial score (nSPS) is 10.1. The lowest BCUT2D eigenvalue weighted by molar-refractivity contribution is 0.294. The fraction of sp³-hybridized carbons (Fsp3) is 0.143. The molecule has 2 rings (SSSR count). The standard InChI is InChI=1S/C14H13ClN2O2S/c1-18-14-10(3-2-6-17-14)8-19-12-5-4-9(13(16)20)7-11(12)15/h2-7H,8H2,1H3,(H2,16,20). The van der Waals surface area contributed by atoms with E-state index in [1.54, 1.807) is 31.5 Å². The zero-order chi connectivity index (χ0) is 14.5. The maximum Gasteiger partial charge on any atom is 0.219 e. The first-order chi connectivity index (χ1) is 9.61. The molecule has 20 heavy (non-hydrogen) atoms. The second-order valence-electron chi connectivity index (χ2n) is 3.97. The minimum atomic E-state index is 0.298. The smallest absolute Gasteiger partial charge is 0.219 e. The van der Waals surface area contributed by atoms with E-state index in [0.29, 0.717) is 33.8 Å². The molecule has 1 aromatic heterocycles. The van der Waals surface area contributed by atoms with Crippen LogP contribution in [0.1, 0.15) is 11.1 Å². The molecule has 0 aliphatic heterocycles. The Morgan fingerprint density at radius 1 is 1.40 bits per heavy atom. The minimum Gasteiger partial charge on any atom is -0.487 e. The Kier molecular flexibility index (Phi) is 4.76. The molecule has 104 valence electrons. The van der Waals surface area contributed by atoms with Crippen LogP contribution in [0.2, 0.25) is 5.02 Å². The van der Waals surface area contributed by atoms with Gasteiger partial charge in [0.25, 0.3) is 0 Å². The van der Waals surface area contributed by atoms with Crippen molar-refractivity contribution in [2.75, 3.05) is 7.11 Å². The van der Waals surface area contributed by atoms with Crippen molar-refractivity contribution in [1.29, 1.82) is 0 Å². The van der Waals surface area contributed by atoms with Gasteiger partial charge in [0, 0.05) is 11.8 Å². The molecule has 0 bridgehead atoms. The van der Waals surface area contributed by atoms with Crippen LogP contribution in [0.3, 0.4) is 0 Å². The number of pyridine rings is 1. The van der Waals surface area contributed by atoms with Gasteiger partial charge in [-0.1, -0.05) is 23.8 Å². The summed E-state index contributed by atoms with van der Waals surface area (Å²) in [4.78, 5) is 4.40. The van der Waals surface area contributed by atoms with Gasteiger partial charge in [-0.05, 0) is 30.3 Å². The first-order valence-corrected chi connectivity index (χ1v) is 6.60. The minimum absolute atomic E-state index is 0.298. The van der Waals surface area contributed by atoms with Crippen molar-refractivity contribution >= 4 is 28.8 Å². The molecule has 6 heteroatoms. The number of hydrogen-bond donors (Lipinski definition) is 1. The van der Waals surface area contributed by atoms with Crippen LogP contribution in [-0.2, 0) is 6.61 Å². The molecule has 0 aliphatic carbocycles. The fourth-order valence-electron chi connectivity index (χ4n) is 1.64. The van der Waals surface area contributed by atoms with Crippen molar-refractivity contribution in [3.63, 3.8) is 0 Å². The van der Waals surface area contributed by atoms with Crippen molar-refractivity contribution in [2.24, 2.45) is 5.73 Å². The van der Waals surface area contributed by atoms with Gasteiger partial charge in [0.15, 0.2) is 0 Å². The van der Waals surface area contributed by atoms with E-state index >= 15 is 0 Å². The summed E-state index contributed by atoms with van der Waals surface area (Å²) >= 11 is 11.0. The van der Waals surface area contributed by atoms with Gasteiger partial charge in [0.1, 0.15) is 17.3 Å². The molecule has 1 aromatic carbocycles. The van der Waals surface area contributed by atoms with Gasteiger partial charge in [-0.25, -0.2) is 4.98 Å². The van der Waals surface area contributed by atoms with E-state index in [-0.39, 0.29) is 0 Å². The molecule has 1 heterocycles. The van der Waals surface area contributed by atoms with Crippen LogP contribution in [0.5, 0.6) is 11.6 Å². The van der Waals surface area contributed by atoms with Crippen LogP contribution < -0.4 is 15.2 Å². The Morgan fingerprint density at radius 3 is 2.85 bits per heavy atom. The average molecular weight is 309 g/mol.